The Kier molecular flexibility index (Phi) is 7.73. The molecule has 0 atom stereocenters. The predicted octanol–water partition coefficient (Wildman–Crippen LogP) is 2.08. The van der Waals surface area contributed by atoms with Gasteiger partial charge in [0.1, 0.15) is 7.85 Å². The first-order chi connectivity index (χ1) is 6.18. The van der Waals surface area contributed by atoms with Gasteiger partial charge in [-0.05, 0) is 20.3 Å². The summed E-state index contributed by atoms with van der Waals surface area (Å²) in [6.45, 7) is 4.60. The van der Waals surface area contributed by atoms with Gasteiger partial charge in [-0.3, -0.25) is 4.57 Å². The number of hydrogen-bond donors (Lipinski definition) is 0. The maximum Gasteiger partial charge on any atom is 0.330 e. The van der Waals surface area contributed by atoms with E-state index < -0.39 is 7.60 Å². The molecule has 0 aromatic heterocycles. The van der Waals surface area contributed by atoms with Crippen molar-refractivity contribution in [2.24, 2.45) is 0 Å². The van der Waals surface area contributed by atoms with E-state index in [0.717, 1.165) is 19.2 Å². The summed E-state index contributed by atoms with van der Waals surface area (Å²) in [4.78, 5) is 0. The van der Waals surface area contributed by atoms with E-state index in [4.69, 9.17) is 9.05 Å². The van der Waals surface area contributed by atoms with Gasteiger partial charge in [-0.15, -0.1) is 0 Å². The second kappa shape index (κ2) is 7.60. The number of rotatable bonds is 8. The molecule has 0 heterocycles. The molecule has 0 radical (unpaired) electrons. The van der Waals surface area contributed by atoms with Crippen LogP contribution in [0.1, 0.15) is 26.7 Å². The van der Waals surface area contributed by atoms with Gasteiger partial charge in [0.05, 0.1) is 19.4 Å². The Balaban J connectivity index is 3.85. The Bertz CT molecular complexity index is 153. The van der Waals surface area contributed by atoms with Gasteiger partial charge in [-0.2, -0.15) is 0 Å². The number of hydrogen-bond acceptors (Lipinski definition) is 3. The summed E-state index contributed by atoms with van der Waals surface area (Å²) in [6, 6.07) is 0. The zero-order chi connectivity index (χ0) is 10.2. The Hall–Kier alpha value is 0.215. The fourth-order valence-electron chi connectivity index (χ4n) is 1.12. The summed E-state index contributed by atoms with van der Waals surface area (Å²) in [7, 11) is -0.632. The van der Waals surface area contributed by atoms with Gasteiger partial charge in [0.25, 0.3) is 0 Å². The molecule has 0 aromatic carbocycles. The smallest absolute Gasteiger partial charge is 0.309 e. The number of unbranched alkanes of at least 4 members (excludes halogenated alkanes) is 1. The highest BCUT2D eigenvalue weighted by molar-refractivity contribution is 7.53. The lowest BCUT2D eigenvalue weighted by atomic mass is 10.0. The average Bonchev–Trinajstić information content (AvgIpc) is 2.05. The fraction of sp³-hybridized carbons (Fsp3) is 1.00. The van der Waals surface area contributed by atoms with Crippen molar-refractivity contribution in [1.82, 2.24) is 0 Å². The van der Waals surface area contributed by atoms with Crippen LogP contribution in [0.15, 0.2) is 0 Å². The summed E-state index contributed by atoms with van der Waals surface area (Å²) in [6.07, 6.45) is 3.69. The summed E-state index contributed by atoms with van der Waals surface area (Å²) in [5.41, 5.74) is 0. The zero-order valence-electron chi connectivity index (χ0n) is 8.91. The summed E-state index contributed by atoms with van der Waals surface area (Å²) >= 11 is 0. The van der Waals surface area contributed by atoms with E-state index in [1.165, 1.54) is 0 Å². The van der Waals surface area contributed by atoms with Crippen molar-refractivity contribution in [3.63, 3.8) is 0 Å². The Morgan fingerprint density at radius 3 is 2.08 bits per heavy atom. The van der Waals surface area contributed by atoms with E-state index in [1.54, 1.807) is 0 Å². The van der Waals surface area contributed by atoms with Gasteiger partial charge in [0.2, 0.25) is 0 Å². The first-order valence-corrected chi connectivity index (χ1v) is 6.79. The summed E-state index contributed by atoms with van der Waals surface area (Å²) < 4.78 is 22.1. The highest BCUT2D eigenvalue weighted by Gasteiger charge is 2.21. The minimum absolute atomic E-state index is 0.462. The third-order valence-corrected chi connectivity index (χ3v) is 3.85. The molecule has 0 aromatic rings. The molecule has 3 nitrogen and oxygen atoms in total. The highest BCUT2D eigenvalue weighted by atomic mass is 31.2. The van der Waals surface area contributed by atoms with Crippen LogP contribution in [0.25, 0.3) is 0 Å². The average molecular weight is 206 g/mol. The van der Waals surface area contributed by atoms with Crippen LogP contribution >= 0.6 is 7.60 Å². The minimum atomic E-state index is -2.75. The van der Waals surface area contributed by atoms with Gasteiger partial charge in [0.15, 0.2) is 0 Å². The zero-order valence-corrected chi connectivity index (χ0v) is 9.81. The van der Waals surface area contributed by atoms with E-state index in [-0.39, 0.29) is 0 Å². The molecule has 0 spiro atoms. The van der Waals surface area contributed by atoms with Crippen molar-refractivity contribution in [1.29, 1.82) is 0 Å². The molecule has 0 aliphatic carbocycles. The van der Waals surface area contributed by atoms with Crippen LogP contribution < -0.4 is 0 Å². The molecule has 78 valence electrons. The van der Waals surface area contributed by atoms with Crippen LogP contribution in [0.3, 0.4) is 0 Å². The Morgan fingerprint density at radius 2 is 1.69 bits per heavy atom. The predicted molar refractivity (Wildman–Crippen MR) is 58.3 cm³/mol. The quantitative estimate of drug-likeness (QED) is 0.346. The molecule has 13 heavy (non-hydrogen) atoms. The normalized spacial score (nSPS) is 11.8. The second-order valence-corrected chi connectivity index (χ2v) is 5.06. The molecule has 0 unspecified atom stereocenters. The molecule has 0 N–H and O–H groups in total. The van der Waals surface area contributed by atoms with Crippen molar-refractivity contribution in [3.05, 3.63) is 0 Å². The van der Waals surface area contributed by atoms with Crippen LogP contribution in [-0.2, 0) is 13.6 Å². The van der Waals surface area contributed by atoms with Crippen LogP contribution in [-0.4, -0.2) is 27.2 Å². The van der Waals surface area contributed by atoms with Crippen LogP contribution in [0.2, 0.25) is 6.32 Å². The standard InChI is InChI=1S/C8H20BO3P/c1-3-11-13(10,12-4-2)8-6-5-7-9/h3-9H2,1-2H3. The lowest BCUT2D eigenvalue weighted by molar-refractivity contribution is 0.219. The van der Waals surface area contributed by atoms with E-state index in [1.807, 2.05) is 13.8 Å². The lowest BCUT2D eigenvalue weighted by Crippen LogP contribution is -2.00. The molecular formula is C8H20BO3P. The summed E-state index contributed by atoms with van der Waals surface area (Å²) in [5.74, 6) is 0. The van der Waals surface area contributed by atoms with Crippen molar-refractivity contribution in [2.75, 3.05) is 19.4 Å². The van der Waals surface area contributed by atoms with Crippen molar-refractivity contribution in [3.8, 4) is 0 Å². The molecule has 0 amide bonds. The molecule has 0 fully saturated rings. The maximum atomic E-state index is 11.8. The molecule has 0 aliphatic rings. The van der Waals surface area contributed by atoms with E-state index in [2.05, 4.69) is 7.85 Å². The Labute approximate surface area is 82.1 Å². The maximum absolute atomic E-state index is 11.8. The van der Waals surface area contributed by atoms with Gasteiger partial charge in [-0.1, -0.05) is 12.7 Å². The van der Waals surface area contributed by atoms with Gasteiger partial charge in [-0.25, -0.2) is 0 Å². The molecule has 0 saturated heterocycles. The lowest BCUT2D eigenvalue weighted by Gasteiger charge is -2.16. The van der Waals surface area contributed by atoms with E-state index >= 15 is 0 Å². The van der Waals surface area contributed by atoms with Gasteiger partial charge in [0, 0.05) is 0 Å². The first-order valence-electron chi connectivity index (χ1n) is 5.06. The van der Waals surface area contributed by atoms with Crippen molar-refractivity contribution >= 4 is 15.4 Å². The third kappa shape index (κ3) is 6.31. The monoisotopic (exact) mass is 206 g/mol. The SMILES string of the molecule is BCCCCP(=O)(OCC)OCC. The molecule has 0 rings (SSSR count). The topological polar surface area (TPSA) is 35.5 Å². The van der Waals surface area contributed by atoms with Crippen LogP contribution in [0, 0.1) is 0 Å². The van der Waals surface area contributed by atoms with Crippen LogP contribution in [0.5, 0.6) is 0 Å². The second-order valence-electron chi connectivity index (χ2n) is 2.88. The largest absolute Gasteiger partial charge is 0.330 e. The van der Waals surface area contributed by atoms with Gasteiger partial charge < -0.3 is 9.05 Å². The first kappa shape index (κ1) is 13.2. The molecular weight excluding hydrogens is 186 g/mol. The van der Waals surface area contributed by atoms with E-state index in [9.17, 15) is 4.57 Å². The summed E-state index contributed by atoms with van der Waals surface area (Å²) in [5, 5.41) is 0. The van der Waals surface area contributed by atoms with Crippen LogP contribution in [0.4, 0.5) is 0 Å². The third-order valence-electron chi connectivity index (χ3n) is 1.69. The molecule has 0 aliphatic heterocycles. The molecule has 5 heteroatoms. The highest BCUT2D eigenvalue weighted by Crippen LogP contribution is 2.48. The fourth-order valence-corrected chi connectivity index (χ4v) is 2.85. The van der Waals surface area contributed by atoms with Crippen molar-refractivity contribution < 1.29 is 13.6 Å². The van der Waals surface area contributed by atoms with E-state index in [0.29, 0.717) is 19.4 Å². The molecule has 0 saturated carbocycles. The van der Waals surface area contributed by atoms with Crippen molar-refractivity contribution in [2.45, 2.75) is 33.0 Å². The Morgan fingerprint density at radius 1 is 1.15 bits per heavy atom. The minimum Gasteiger partial charge on any atom is -0.309 e. The van der Waals surface area contributed by atoms with Gasteiger partial charge >= 0.3 is 7.60 Å². The molecule has 0 bridgehead atoms.